The Kier molecular flexibility index (Phi) is 4.10. The summed E-state index contributed by atoms with van der Waals surface area (Å²) in [6, 6.07) is 30.6. The molecule has 0 atom stereocenters. The summed E-state index contributed by atoms with van der Waals surface area (Å²) in [6.07, 6.45) is 0. The Bertz CT molecular complexity index is 1010. The quantitative estimate of drug-likeness (QED) is 0.562. The zero-order valence-corrected chi connectivity index (χ0v) is 13.6. The molecule has 0 aromatic heterocycles. The summed E-state index contributed by atoms with van der Waals surface area (Å²) in [5.74, 6) is 0. The van der Waals surface area contributed by atoms with Crippen LogP contribution in [0.5, 0.6) is 0 Å². The lowest BCUT2D eigenvalue weighted by molar-refractivity contribution is 0.426. The normalized spacial score (nSPS) is 10.8. The highest BCUT2D eigenvalue weighted by atomic mass is 16.4. The van der Waals surface area contributed by atoms with Crippen molar-refractivity contribution in [3.8, 4) is 22.3 Å². The summed E-state index contributed by atoms with van der Waals surface area (Å²) >= 11 is 0. The summed E-state index contributed by atoms with van der Waals surface area (Å²) in [4.78, 5) is 0. The standard InChI is InChI=1S/C22H17BO2/c24-23(25)22-13-11-18(12-14-22)17-5-7-19(8-6-17)21-10-9-16-3-1-2-4-20(16)15-21/h1-15,24-25H. The van der Waals surface area contributed by atoms with E-state index in [1.807, 2.05) is 12.1 Å². The summed E-state index contributed by atoms with van der Waals surface area (Å²) in [5.41, 5.74) is 5.02. The van der Waals surface area contributed by atoms with Crippen LogP contribution in [0.1, 0.15) is 0 Å². The number of hydrogen-bond donors (Lipinski definition) is 2. The lowest BCUT2D eigenvalue weighted by atomic mass is 9.80. The molecule has 0 saturated carbocycles. The molecule has 0 bridgehead atoms. The maximum atomic E-state index is 9.18. The third-order valence-electron chi connectivity index (χ3n) is 4.51. The van der Waals surface area contributed by atoms with Crippen molar-refractivity contribution in [1.82, 2.24) is 0 Å². The number of rotatable bonds is 3. The lowest BCUT2D eigenvalue weighted by Crippen LogP contribution is -2.29. The monoisotopic (exact) mass is 324 g/mol. The van der Waals surface area contributed by atoms with Gasteiger partial charge in [-0.3, -0.25) is 0 Å². The SMILES string of the molecule is OB(O)c1ccc(-c2ccc(-c3ccc4ccccc4c3)cc2)cc1. The van der Waals surface area contributed by atoms with E-state index in [-0.39, 0.29) is 0 Å². The van der Waals surface area contributed by atoms with E-state index in [2.05, 4.69) is 66.7 Å². The van der Waals surface area contributed by atoms with E-state index in [0.29, 0.717) is 5.46 Å². The van der Waals surface area contributed by atoms with E-state index < -0.39 is 7.12 Å². The summed E-state index contributed by atoms with van der Waals surface area (Å²) in [6.45, 7) is 0. The van der Waals surface area contributed by atoms with Gasteiger partial charge in [0.15, 0.2) is 0 Å². The molecular formula is C22H17BO2. The first-order valence-corrected chi connectivity index (χ1v) is 8.26. The third-order valence-corrected chi connectivity index (χ3v) is 4.51. The van der Waals surface area contributed by atoms with E-state index in [1.165, 1.54) is 21.9 Å². The van der Waals surface area contributed by atoms with Crippen LogP contribution in [0.4, 0.5) is 0 Å². The van der Waals surface area contributed by atoms with Crippen molar-refractivity contribution < 1.29 is 10.0 Å². The molecule has 2 N–H and O–H groups in total. The molecule has 0 unspecified atom stereocenters. The first-order chi connectivity index (χ1) is 12.2. The molecule has 0 aliphatic heterocycles. The second-order valence-corrected chi connectivity index (χ2v) is 6.13. The number of hydrogen-bond acceptors (Lipinski definition) is 2. The van der Waals surface area contributed by atoms with Crippen molar-refractivity contribution in [2.24, 2.45) is 0 Å². The van der Waals surface area contributed by atoms with Crippen LogP contribution in [-0.4, -0.2) is 17.2 Å². The van der Waals surface area contributed by atoms with Crippen molar-refractivity contribution in [1.29, 1.82) is 0 Å². The Morgan fingerprint density at radius 3 is 1.56 bits per heavy atom. The molecule has 0 radical (unpaired) electrons. The average Bonchev–Trinajstić information content (AvgIpc) is 2.68. The zero-order chi connectivity index (χ0) is 17.2. The molecule has 3 heteroatoms. The minimum Gasteiger partial charge on any atom is -0.423 e. The second-order valence-electron chi connectivity index (χ2n) is 6.13. The second kappa shape index (κ2) is 6.56. The van der Waals surface area contributed by atoms with E-state index in [1.54, 1.807) is 12.1 Å². The Morgan fingerprint density at radius 1 is 0.480 bits per heavy atom. The van der Waals surface area contributed by atoms with Gasteiger partial charge in [-0.15, -0.1) is 0 Å². The van der Waals surface area contributed by atoms with Gasteiger partial charge in [-0.05, 0) is 44.6 Å². The Hall–Kier alpha value is -2.88. The largest absolute Gasteiger partial charge is 0.488 e. The number of fused-ring (bicyclic) bond motifs is 1. The van der Waals surface area contributed by atoms with Gasteiger partial charge in [-0.25, -0.2) is 0 Å². The molecule has 0 fully saturated rings. The van der Waals surface area contributed by atoms with Gasteiger partial charge in [-0.1, -0.05) is 84.9 Å². The van der Waals surface area contributed by atoms with Gasteiger partial charge in [-0.2, -0.15) is 0 Å². The van der Waals surface area contributed by atoms with Crippen molar-refractivity contribution in [3.63, 3.8) is 0 Å². The van der Waals surface area contributed by atoms with Gasteiger partial charge in [0.25, 0.3) is 0 Å². The molecule has 4 aromatic rings. The van der Waals surface area contributed by atoms with Crippen LogP contribution >= 0.6 is 0 Å². The highest BCUT2D eigenvalue weighted by molar-refractivity contribution is 6.58. The molecule has 4 rings (SSSR count). The van der Waals surface area contributed by atoms with Crippen LogP contribution in [0.25, 0.3) is 33.0 Å². The van der Waals surface area contributed by atoms with Crippen LogP contribution in [-0.2, 0) is 0 Å². The van der Waals surface area contributed by atoms with Gasteiger partial charge in [0, 0.05) is 0 Å². The minimum atomic E-state index is -1.43. The highest BCUT2D eigenvalue weighted by Crippen LogP contribution is 2.27. The predicted molar refractivity (Wildman–Crippen MR) is 105 cm³/mol. The summed E-state index contributed by atoms with van der Waals surface area (Å²) < 4.78 is 0. The van der Waals surface area contributed by atoms with Crippen LogP contribution in [0, 0.1) is 0 Å². The molecule has 0 heterocycles. The molecule has 0 aliphatic carbocycles. The molecule has 0 aliphatic rings. The van der Waals surface area contributed by atoms with E-state index >= 15 is 0 Å². The molecule has 0 amide bonds. The van der Waals surface area contributed by atoms with Crippen LogP contribution in [0.3, 0.4) is 0 Å². The number of benzene rings is 4. The van der Waals surface area contributed by atoms with Crippen molar-refractivity contribution in [3.05, 3.63) is 91.0 Å². The topological polar surface area (TPSA) is 40.5 Å². The van der Waals surface area contributed by atoms with E-state index in [0.717, 1.165) is 11.1 Å². The lowest BCUT2D eigenvalue weighted by Gasteiger charge is -2.07. The molecule has 0 spiro atoms. The smallest absolute Gasteiger partial charge is 0.423 e. The molecule has 2 nitrogen and oxygen atoms in total. The fraction of sp³-hybridized carbons (Fsp3) is 0. The van der Waals surface area contributed by atoms with Crippen LogP contribution in [0.2, 0.25) is 0 Å². The van der Waals surface area contributed by atoms with Crippen LogP contribution in [0.15, 0.2) is 91.0 Å². The third kappa shape index (κ3) is 3.20. The van der Waals surface area contributed by atoms with E-state index in [9.17, 15) is 10.0 Å². The first-order valence-electron chi connectivity index (χ1n) is 8.26. The predicted octanol–water partition coefficient (Wildman–Crippen LogP) is 3.85. The Labute approximate surface area is 147 Å². The van der Waals surface area contributed by atoms with Crippen LogP contribution < -0.4 is 5.46 Å². The average molecular weight is 324 g/mol. The Balaban J connectivity index is 1.64. The maximum Gasteiger partial charge on any atom is 0.488 e. The Morgan fingerprint density at radius 2 is 0.960 bits per heavy atom. The molecule has 4 aromatic carbocycles. The van der Waals surface area contributed by atoms with Crippen molar-refractivity contribution in [2.75, 3.05) is 0 Å². The molecule has 120 valence electrons. The molecular weight excluding hydrogens is 307 g/mol. The first kappa shape index (κ1) is 15.6. The van der Waals surface area contributed by atoms with Gasteiger partial charge in [0.1, 0.15) is 0 Å². The highest BCUT2D eigenvalue weighted by Gasteiger charge is 2.10. The van der Waals surface area contributed by atoms with Gasteiger partial charge in [0.2, 0.25) is 0 Å². The zero-order valence-electron chi connectivity index (χ0n) is 13.6. The van der Waals surface area contributed by atoms with Crippen molar-refractivity contribution in [2.45, 2.75) is 0 Å². The van der Waals surface area contributed by atoms with Crippen molar-refractivity contribution >= 4 is 23.4 Å². The molecule has 25 heavy (non-hydrogen) atoms. The maximum absolute atomic E-state index is 9.18. The van der Waals surface area contributed by atoms with Gasteiger partial charge in [0.05, 0.1) is 0 Å². The summed E-state index contributed by atoms with van der Waals surface area (Å²) in [7, 11) is -1.43. The molecule has 0 saturated heterocycles. The fourth-order valence-corrected chi connectivity index (χ4v) is 3.07. The van der Waals surface area contributed by atoms with Gasteiger partial charge < -0.3 is 10.0 Å². The minimum absolute atomic E-state index is 0.497. The van der Waals surface area contributed by atoms with Gasteiger partial charge >= 0.3 is 7.12 Å². The fourth-order valence-electron chi connectivity index (χ4n) is 3.07. The van der Waals surface area contributed by atoms with E-state index in [4.69, 9.17) is 0 Å². The summed E-state index contributed by atoms with van der Waals surface area (Å²) in [5, 5.41) is 20.8.